The van der Waals surface area contributed by atoms with Crippen molar-refractivity contribution < 1.29 is 9.18 Å². The van der Waals surface area contributed by atoms with E-state index in [0.29, 0.717) is 6.54 Å². The van der Waals surface area contributed by atoms with Crippen LogP contribution in [0.25, 0.3) is 0 Å². The lowest BCUT2D eigenvalue weighted by Gasteiger charge is -2.31. The molecule has 0 saturated carbocycles. The highest BCUT2D eigenvalue weighted by molar-refractivity contribution is 5.92. The zero-order valence-electron chi connectivity index (χ0n) is 16.1. The molecule has 0 spiro atoms. The summed E-state index contributed by atoms with van der Waals surface area (Å²) >= 11 is 0. The number of amides is 1. The zero-order valence-corrected chi connectivity index (χ0v) is 16.1. The molecular formula is C23H29FN2O. The third-order valence-corrected chi connectivity index (χ3v) is 5.35. The Bertz CT molecular complexity index is 736. The van der Waals surface area contributed by atoms with Crippen molar-refractivity contribution in [2.45, 2.75) is 45.6 Å². The van der Waals surface area contributed by atoms with E-state index in [1.54, 1.807) is 6.07 Å². The minimum absolute atomic E-state index is 0.0293. The third-order valence-electron chi connectivity index (χ3n) is 5.35. The summed E-state index contributed by atoms with van der Waals surface area (Å²) in [6.45, 7) is 4.45. The lowest BCUT2D eigenvalue weighted by molar-refractivity contribution is -0.121. The topological polar surface area (TPSA) is 32.3 Å². The molecule has 0 unspecified atom stereocenters. The second-order valence-corrected chi connectivity index (χ2v) is 7.43. The molecule has 1 amide bonds. The van der Waals surface area contributed by atoms with Gasteiger partial charge in [-0.05, 0) is 62.5 Å². The van der Waals surface area contributed by atoms with E-state index in [2.05, 4.69) is 29.3 Å². The van der Waals surface area contributed by atoms with E-state index in [1.807, 2.05) is 24.3 Å². The van der Waals surface area contributed by atoms with Gasteiger partial charge in [0.15, 0.2) is 0 Å². The Hall–Kier alpha value is -2.20. The summed E-state index contributed by atoms with van der Waals surface area (Å²) < 4.78 is 13.8. The molecule has 1 heterocycles. The van der Waals surface area contributed by atoms with Crippen molar-refractivity contribution in [3.05, 3.63) is 65.5 Å². The summed E-state index contributed by atoms with van der Waals surface area (Å²) in [6, 6.07) is 15.1. The Labute approximate surface area is 161 Å². The molecule has 3 rings (SSSR count). The highest BCUT2D eigenvalue weighted by atomic mass is 19.1. The fraction of sp³-hybridized carbons (Fsp3) is 0.435. The largest absolute Gasteiger partial charge is 0.326 e. The second kappa shape index (κ2) is 9.65. The average Bonchev–Trinajstić information content (AvgIpc) is 2.70. The van der Waals surface area contributed by atoms with Crippen LogP contribution in [0.2, 0.25) is 0 Å². The van der Waals surface area contributed by atoms with E-state index in [0.717, 1.165) is 43.6 Å². The number of likely N-dealkylation sites (tertiary alicyclic amines) is 1. The van der Waals surface area contributed by atoms with Crippen LogP contribution in [0.15, 0.2) is 48.5 Å². The van der Waals surface area contributed by atoms with Gasteiger partial charge in [-0.25, -0.2) is 4.39 Å². The van der Waals surface area contributed by atoms with Crippen molar-refractivity contribution in [1.82, 2.24) is 4.90 Å². The number of nitrogens with zero attached hydrogens (tertiary/aromatic N) is 1. The standard InChI is InChI=1S/C23H29FN2O/c1-2-3-6-18-9-11-21(12-10-18)25-23(27)19-13-15-26(16-14-19)17-20-7-4-5-8-22(20)24/h4-5,7-12,19H,2-3,6,13-17H2,1H3,(H,25,27). The van der Waals surface area contributed by atoms with Crippen LogP contribution in [0.1, 0.15) is 43.7 Å². The maximum atomic E-state index is 13.8. The molecule has 3 nitrogen and oxygen atoms in total. The summed E-state index contributed by atoms with van der Waals surface area (Å²) in [5.41, 5.74) is 2.91. The summed E-state index contributed by atoms with van der Waals surface area (Å²) in [7, 11) is 0. The number of aryl methyl sites for hydroxylation is 1. The predicted octanol–water partition coefficient (Wildman–Crippen LogP) is 5.02. The first-order chi connectivity index (χ1) is 13.2. The number of hydrogen-bond donors (Lipinski definition) is 1. The minimum atomic E-state index is -0.153. The SMILES string of the molecule is CCCCc1ccc(NC(=O)C2CCN(Cc3ccccc3F)CC2)cc1. The number of benzene rings is 2. The second-order valence-electron chi connectivity index (χ2n) is 7.43. The number of nitrogens with one attached hydrogen (secondary N) is 1. The Morgan fingerprint density at radius 3 is 2.48 bits per heavy atom. The van der Waals surface area contributed by atoms with Gasteiger partial charge in [0.2, 0.25) is 5.91 Å². The normalized spacial score (nSPS) is 15.6. The van der Waals surface area contributed by atoms with Crippen molar-refractivity contribution in [2.75, 3.05) is 18.4 Å². The summed E-state index contributed by atoms with van der Waals surface area (Å²) in [6.07, 6.45) is 5.10. The van der Waals surface area contributed by atoms with Gasteiger partial charge in [0.1, 0.15) is 5.82 Å². The zero-order chi connectivity index (χ0) is 19.1. The summed E-state index contributed by atoms with van der Waals surface area (Å²) in [4.78, 5) is 14.8. The highest BCUT2D eigenvalue weighted by Crippen LogP contribution is 2.22. The first-order valence-electron chi connectivity index (χ1n) is 10.0. The molecule has 1 saturated heterocycles. The van der Waals surface area contributed by atoms with Gasteiger partial charge in [0.05, 0.1) is 0 Å². The van der Waals surface area contributed by atoms with E-state index < -0.39 is 0 Å². The maximum Gasteiger partial charge on any atom is 0.227 e. The number of unbranched alkanes of at least 4 members (excludes halogenated alkanes) is 1. The molecule has 1 aliphatic rings. The fourth-order valence-electron chi connectivity index (χ4n) is 3.60. The Morgan fingerprint density at radius 2 is 1.81 bits per heavy atom. The lowest BCUT2D eigenvalue weighted by atomic mass is 9.95. The van der Waals surface area contributed by atoms with Crippen molar-refractivity contribution in [3.8, 4) is 0 Å². The number of carbonyl (C=O) groups excluding carboxylic acids is 1. The summed E-state index contributed by atoms with van der Waals surface area (Å²) in [5.74, 6) is -0.0248. The monoisotopic (exact) mass is 368 g/mol. The van der Waals surface area contributed by atoms with Crippen LogP contribution in [-0.4, -0.2) is 23.9 Å². The molecule has 0 bridgehead atoms. The van der Waals surface area contributed by atoms with Gasteiger partial charge in [-0.2, -0.15) is 0 Å². The number of rotatable bonds is 7. The molecule has 0 atom stereocenters. The molecule has 0 aliphatic carbocycles. The lowest BCUT2D eigenvalue weighted by Crippen LogP contribution is -2.37. The Kier molecular flexibility index (Phi) is 6.99. The number of carbonyl (C=O) groups is 1. The van der Waals surface area contributed by atoms with Crippen LogP contribution in [0, 0.1) is 11.7 Å². The molecular weight excluding hydrogens is 339 g/mol. The molecule has 2 aromatic carbocycles. The van der Waals surface area contributed by atoms with E-state index in [-0.39, 0.29) is 17.6 Å². The molecule has 1 aliphatic heterocycles. The molecule has 27 heavy (non-hydrogen) atoms. The van der Waals surface area contributed by atoms with Gasteiger partial charge in [-0.3, -0.25) is 9.69 Å². The van der Waals surface area contributed by atoms with Crippen molar-refractivity contribution in [3.63, 3.8) is 0 Å². The molecule has 144 valence electrons. The van der Waals surface area contributed by atoms with E-state index in [4.69, 9.17) is 0 Å². The van der Waals surface area contributed by atoms with E-state index in [1.165, 1.54) is 24.5 Å². The minimum Gasteiger partial charge on any atom is -0.326 e. The van der Waals surface area contributed by atoms with Crippen LogP contribution in [-0.2, 0) is 17.8 Å². The van der Waals surface area contributed by atoms with Gasteiger partial charge < -0.3 is 5.32 Å². The highest BCUT2D eigenvalue weighted by Gasteiger charge is 2.25. The van der Waals surface area contributed by atoms with Gasteiger partial charge in [-0.1, -0.05) is 43.7 Å². The molecule has 0 radical (unpaired) electrons. The van der Waals surface area contributed by atoms with Crippen molar-refractivity contribution in [2.24, 2.45) is 5.92 Å². The predicted molar refractivity (Wildman–Crippen MR) is 108 cm³/mol. The van der Waals surface area contributed by atoms with Crippen LogP contribution in [0.5, 0.6) is 0 Å². The van der Waals surface area contributed by atoms with Crippen molar-refractivity contribution in [1.29, 1.82) is 0 Å². The first kappa shape index (κ1) is 19.6. The van der Waals surface area contributed by atoms with Crippen LogP contribution in [0.3, 0.4) is 0 Å². The van der Waals surface area contributed by atoms with Crippen LogP contribution >= 0.6 is 0 Å². The van der Waals surface area contributed by atoms with Gasteiger partial charge in [0.25, 0.3) is 0 Å². The van der Waals surface area contributed by atoms with Gasteiger partial charge >= 0.3 is 0 Å². The number of piperidine rings is 1. The molecule has 1 fully saturated rings. The van der Waals surface area contributed by atoms with E-state index in [9.17, 15) is 9.18 Å². The van der Waals surface area contributed by atoms with Crippen molar-refractivity contribution >= 4 is 11.6 Å². The smallest absolute Gasteiger partial charge is 0.227 e. The van der Waals surface area contributed by atoms with Crippen LogP contribution in [0.4, 0.5) is 10.1 Å². The molecule has 4 heteroatoms. The Morgan fingerprint density at radius 1 is 1.11 bits per heavy atom. The van der Waals surface area contributed by atoms with Gasteiger partial charge in [-0.15, -0.1) is 0 Å². The average molecular weight is 368 g/mol. The number of hydrogen-bond acceptors (Lipinski definition) is 2. The fourth-order valence-corrected chi connectivity index (χ4v) is 3.60. The maximum absolute atomic E-state index is 13.8. The number of halogens is 1. The van der Waals surface area contributed by atoms with E-state index >= 15 is 0 Å². The van der Waals surface area contributed by atoms with Crippen LogP contribution < -0.4 is 5.32 Å². The third kappa shape index (κ3) is 5.64. The molecule has 1 N–H and O–H groups in total. The number of anilines is 1. The molecule has 2 aromatic rings. The Balaban J connectivity index is 1.46. The quantitative estimate of drug-likeness (QED) is 0.744. The molecule has 0 aromatic heterocycles. The van der Waals surface area contributed by atoms with Gasteiger partial charge in [0, 0.05) is 23.7 Å². The summed E-state index contributed by atoms with van der Waals surface area (Å²) in [5, 5.41) is 3.05. The first-order valence-corrected chi connectivity index (χ1v) is 10.0.